The second-order valence-corrected chi connectivity index (χ2v) is 11.7. The zero-order valence-electron chi connectivity index (χ0n) is 26.9. The summed E-state index contributed by atoms with van der Waals surface area (Å²) in [6.07, 6.45) is 0. The van der Waals surface area contributed by atoms with Crippen molar-refractivity contribution in [2.24, 2.45) is 0 Å². The summed E-state index contributed by atoms with van der Waals surface area (Å²) < 4.78 is 10.7. The van der Waals surface area contributed by atoms with Gasteiger partial charge < -0.3 is 9.47 Å². The van der Waals surface area contributed by atoms with Gasteiger partial charge in [-0.3, -0.25) is 0 Å². The molecule has 0 aliphatic heterocycles. The Morgan fingerprint density at radius 1 is 0.391 bits per heavy atom. The van der Waals surface area contributed by atoms with E-state index in [1.165, 1.54) is 11.1 Å². The predicted octanol–water partition coefficient (Wildman–Crippen LogP) is 10.7. The van der Waals surface area contributed by atoms with Gasteiger partial charge in [0.05, 0.1) is 13.2 Å². The third-order valence-electron chi connectivity index (χ3n) is 8.32. The highest BCUT2D eigenvalue weighted by atomic mass is 16.5. The van der Waals surface area contributed by atoms with Gasteiger partial charge in [-0.15, -0.1) is 0 Å². The van der Waals surface area contributed by atoms with Gasteiger partial charge in [0.25, 0.3) is 0 Å². The van der Waals surface area contributed by atoms with Crippen molar-refractivity contribution in [1.29, 1.82) is 0 Å². The van der Waals surface area contributed by atoms with E-state index in [-0.39, 0.29) is 0 Å². The highest BCUT2D eigenvalue weighted by Crippen LogP contribution is 2.35. The Kier molecular flexibility index (Phi) is 9.56. The summed E-state index contributed by atoms with van der Waals surface area (Å²) in [4.78, 5) is 0. The highest BCUT2D eigenvalue weighted by molar-refractivity contribution is 5.86. The lowest BCUT2D eigenvalue weighted by Gasteiger charge is -2.14. The quantitative estimate of drug-likeness (QED) is 0.162. The van der Waals surface area contributed by atoms with Crippen molar-refractivity contribution >= 4 is 0 Å². The molecule has 46 heavy (non-hydrogen) atoms. The third-order valence-corrected chi connectivity index (χ3v) is 8.32. The van der Waals surface area contributed by atoms with Crippen LogP contribution in [-0.4, -0.2) is 14.2 Å². The maximum atomic E-state index is 5.37. The molecule has 0 radical (unpaired) electrons. The molecule has 6 rings (SSSR count). The van der Waals surface area contributed by atoms with Gasteiger partial charge in [-0.1, -0.05) is 156 Å². The Labute approximate surface area is 273 Å². The number of hydrogen-bond donors (Lipinski definition) is 0. The van der Waals surface area contributed by atoms with Crippen LogP contribution in [0.25, 0.3) is 44.5 Å². The molecule has 0 aliphatic rings. The zero-order chi connectivity index (χ0) is 31.9. The number of aryl methyl sites for hydroxylation is 2. The molecule has 0 aromatic heterocycles. The van der Waals surface area contributed by atoms with E-state index in [1.807, 2.05) is 0 Å². The zero-order valence-corrected chi connectivity index (χ0v) is 26.9. The van der Waals surface area contributed by atoms with Gasteiger partial charge in [-0.2, -0.15) is 0 Å². The number of benzene rings is 6. The van der Waals surface area contributed by atoms with E-state index < -0.39 is 0 Å². The molecule has 0 fully saturated rings. The monoisotopic (exact) mass is 598 g/mol. The Hall–Kier alpha value is -5.20. The smallest absolute Gasteiger partial charge is 0.0713 e. The van der Waals surface area contributed by atoms with E-state index in [4.69, 9.17) is 9.47 Å². The van der Waals surface area contributed by atoms with Gasteiger partial charge in [0.1, 0.15) is 0 Å². The first-order chi connectivity index (χ1) is 22.5. The van der Waals surface area contributed by atoms with Gasteiger partial charge in [0, 0.05) is 25.3 Å². The van der Waals surface area contributed by atoms with Gasteiger partial charge >= 0.3 is 0 Å². The summed E-state index contributed by atoms with van der Waals surface area (Å²) in [6.45, 7) is 5.40. The van der Waals surface area contributed by atoms with E-state index in [2.05, 4.69) is 159 Å². The van der Waals surface area contributed by atoms with Crippen LogP contribution >= 0.6 is 0 Å². The number of methoxy groups -OCH3 is 2. The molecule has 0 amide bonds. The second kappa shape index (κ2) is 14.3. The van der Waals surface area contributed by atoms with Crippen molar-refractivity contribution in [1.82, 2.24) is 0 Å². The van der Waals surface area contributed by atoms with E-state index in [1.54, 1.807) is 14.2 Å². The summed E-state index contributed by atoms with van der Waals surface area (Å²) >= 11 is 0. The Morgan fingerprint density at radius 2 is 0.674 bits per heavy atom. The lowest BCUT2D eigenvalue weighted by molar-refractivity contribution is 0.185. The molecule has 0 saturated carbocycles. The van der Waals surface area contributed by atoms with E-state index in [0.29, 0.717) is 13.2 Å². The fourth-order valence-corrected chi connectivity index (χ4v) is 5.82. The molecular weight excluding hydrogens is 560 g/mol. The van der Waals surface area contributed by atoms with Crippen LogP contribution in [0.3, 0.4) is 0 Å². The van der Waals surface area contributed by atoms with Gasteiger partial charge in [0.15, 0.2) is 0 Å². The van der Waals surface area contributed by atoms with Crippen LogP contribution in [0.2, 0.25) is 0 Å². The number of ether oxygens (including phenoxy) is 2. The molecule has 226 valence electrons. The average Bonchev–Trinajstić information content (AvgIpc) is 3.09. The fourth-order valence-electron chi connectivity index (χ4n) is 5.82. The fraction of sp³-hybridized carbons (Fsp3) is 0.136. The van der Waals surface area contributed by atoms with Gasteiger partial charge in [-0.05, 0) is 69.5 Å². The van der Waals surface area contributed by atoms with Crippen molar-refractivity contribution < 1.29 is 9.47 Å². The average molecular weight is 599 g/mol. The molecular formula is C44H38O2. The molecule has 0 heterocycles. The van der Waals surface area contributed by atoms with Crippen LogP contribution in [0.4, 0.5) is 0 Å². The van der Waals surface area contributed by atoms with Gasteiger partial charge in [-0.25, -0.2) is 0 Å². The summed E-state index contributed by atoms with van der Waals surface area (Å²) in [5.74, 6) is 7.44. The predicted molar refractivity (Wildman–Crippen MR) is 192 cm³/mol. The van der Waals surface area contributed by atoms with Crippen LogP contribution in [0.1, 0.15) is 33.4 Å². The van der Waals surface area contributed by atoms with E-state index in [9.17, 15) is 0 Å². The first-order valence-electron chi connectivity index (χ1n) is 15.6. The van der Waals surface area contributed by atoms with Crippen LogP contribution in [-0.2, 0) is 22.7 Å². The lowest BCUT2D eigenvalue weighted by Crippen LogP contribution is -1.94. The van der Waals surface area contributed by atoms with Crippen molar-refractivity contribution in [2.75, 3.05) is 14.2 Å². The normalized spacial score (nSPS) is 10.8. The maximum Gasteiger partial charge on any atom is 0.0713 e. The summed E-state index contributed by atoms with van der Waals surface area (Å²) in [6, 6.07) is 47.6. The Morgan fingerprint density at radius 3 is 0.957 bits per heavy atom. The lowest BCUT2D eigenvalue weighted by atomic mass is 9.89. The molecule has 0 aliphatic carbocycles. The highest BCUT2D eigenvalue weighted by Gasteiger charge is 2.14. The molecule has 0 atom stereocenters. The minimum absolute atomic E-state index is 0.582. The van der Waals surface area contributed by atoms with Crippen molar-refractivity contribution in [3.05, 3.63) is 167 Å². The summed E-state index contributed by atoms with van der Waals surface area (Å²) in [5, 5.41) is 0. The molecule has 0 spiro atoms. The minimum atomic E-state index is 0.582. The van der Waals surface area contributed by atoms with Crippen molar-refractivity contribution in [2.45, 2.75) is 27.1 Å². The molecule has 6 aromatic rings. The van der Waals surface area contributed by atoms with Crippen molar-refractivity contribution in [3.8, 4) is 56.3 Å². The van der Waals surface area contributed by atoms with E-state index in [0.717, 1.165) is 66.8 Å². The molecule has 0 N–H and O–H groups in total. The van der Waals surface area contributed by atoms with Crippen LogP contribution < -0.4 is 0 Å². The Bertz CT molecular complexity index is 1860. The molecule has 6 aromatic carbocycles. The van der Waals surface area contributed by atoms with Crippen molar-refractivity contribution in [3.63, 3.8) is 0 Å². The van der Waals surface area contributed by atoms with Crippen LogP contribution in [0, 0.1) is 25.7 Å². The van der Waals surface area contributed by atoms with E-state index >= 15 is 0 Å². The first-order valence-corrected chi connectivity index (χ1v) is 15.6. The number of rotatable bonds is 8. The number of hydrogen-bond acceptors (Lipinski definition) is 2. The molecule has 0 unspecified atom stereocenters. The molecule has 0 bridgehead atoms. The third kappa shape index (κ3) is 6.87. The summed E-state index contributed by atoms with van der Waals surface area (Å²) in [7, 11) is 3.45. The minimum Gasteiger partial charge on any atom is -0.380 e. The summed E-state index contributed by atoms with van der Waals surface area (Å²) in [5.41, 5.74) is 15.7. The topological polar surface area (TPSA) is 18.5 Å². The van der Waals surface area contributed by atoms with Gasteiger partial charge in [0.2, 0.25) is 0 Å². The SMILES string of the molecule is COCc1ccc(-c2cccc(-c3ccc(COC)cc3)c2C#Cc2c(-c3ccc(C)cc3)cccc2-c2ccc(C)cc2)cc1. The standard InChI is InChI=1S/C44H38O2/c1-31-11-19-35(20-12-31)39-7-5-8-40(36-21-13-32(2)14-22-36)43(39)27-28-44-41(37-23-15-33(16-24-37)29-45-3)9-6-10-42(44)38-25-17-34(18-26-38)30-46-4/h5-26H,29-30H2,1-4H3. The van der Waals surface area contributed by atoms with Crippen LogP contribution in [0.15, 0.2) is 133 Å². The largest absolute Gasteiger partial charge is 0.380 e. The molecule has 0 saturated heterocycles. The molecule has 2 nitrogen and oxygen atoms in total. The second-order valence-electron chi connectivity index (χ2n) is 11.7. The Balaban J connectivity index is 1.57. The first kappa shape index (κ1) is 30.8. The maximum absolute atomic E-state index is 5.37. The molecule has 2 heteroatoms. The van der Waals surface area contributed by atoms with Crippen LogP contribution in [0.5, 0.6) is 0 Å².